The molecule has 1 unspecified atom stereocenters. The van der Waals surface area contributed by atoms with Gasteiger partial charge in [0.25, 0.3) is 5.91 Å². The number of amides is 1. The molecule has 1 fully saturated rings. The number of unbranched alkanes of at least 4 members (excludes halogenated alkanes) is 1. The number of carbonyl (C=O) groups excluding carboxylic acids is 1. The Kier molecular flexibility index (Phi) is 15.2. The standard InChI is InChI=1S/C23H30ClN3O3.C4H4O4.H2O/c1-2-3-10-30-22-13-21(25)20(24)12-19(22)23(28)26-14-18-16-27(9-11-29-18)15-17-7-5-4-6-8-17;5-3(6)1-2-4(7)8;/h4-8,12-13,18H,2-3,9-11,14-16,25H2,1H3,(H,26,28);1-2H,(H,5,6)(H,7,8);1H2/b;2-1+;. The van der Waals surface area contributed by atoms with Gasteiger partial charge in [0.05, 0.1) is 35.6 Å². The van der Waals surface area contributed by atoms with Crippen LogP contribution >= 0.6 is 11.6 Å². The van der Waals surface area contributed by atoms with Crippen LogP contribution in [0.5, 0.6) is 5.75 Å². The number of morpholine rings is 1. The van der Waals surface area contributed by atoms with Gasteiger partial charge >= 0.3 is 11.9 Å². The molecule has 39 heavy (non-hydrogen) atoms. The number of rotatable bonds is 11. The first-order valence-electron chi connectivity index (χ1n) is 12.2. The maximum Gasteiger partial charge on any atom is 0.328 e. The zero-order valence-corrected chi connectivity index (χ0v) is 22.5. The van der Waals surface area contributed by atoms with Crippen LogP contribution in [0.4, 0.5) is 5.69 Å². The number of hydrogen-bond acceptors (Lipinski definition) is 7. The van der Waals surface area contributed by atoms with Crippen LogP contribution in [0.3, 0.4) is 0 Å². The second-order valence-corrected chi connectivity index (χ2v) is 8.91. The minimum atomic E-state index is -1.26. The van der Waals surface area contributed by atoms with Crippen LogP contribution in [0.25, 0.3) is 0 Å². The van der Waals surface area contributed by atoms with E-state index < -0.39 is 11.9 Å². The van der Waals surface area contributed by atoms with E-state index in [4.69, 9.17) is 37.0 Å². The summed E-state index contributed by atoms with van der Waals surface area (Å²) < 4.78 is 11.6. The number of benzene rings is 2. The van der Waals surface area contributed by atoms with Crippen molar-refractivity contribution in [2.24, 2.45) is 0 Å². The molecule has 11 nitrogen and oxygen atoms in total. The molecule has 1 atom stereocenters. The Balaban J connectivity index is 0.000000737. The zero-order valence-electron chi connectivity index (χ0n) is 21.8. The minimum absolute atomic E-state index is 0. The molecule has 1 heterocycles. The van der Waals surface area contributed by atoms with Gasteiger partial charge < -0.3 is 36.2 Å². The van der Waals surface area contributed by atoms with E-state index in [1.54, 1.807) is 12.1 Å². The topological polar surface area (TPSA) is 183 Å². The van der Waals surface area contributed by atoms with Gasteiger partial charge in [0.2, 0.25) is 0 Å². The lowest BCUT2D eigenvalue weighted by atomic mass is 10.1. The lowest BCUT2D eigenvalue weighted by Crippen LogP contribution is -2.47. The van der Waals surface area contributed by atoms with Crippen LogP contribution in [0.15, 0.2) is 54.6 Å². The first-order valence-corrected chi connectivity index (χ1v) is 12.6. The van der Waals surface area contributed by atoms with Crippen molar-refractivity contribution in [2.75, 3.05) is 38.6 Å². The van der Waals surface area contributed by atoms with Crippen LogP contribution in [-0.4, -0.2) is 77.4 Å². The zero-order chi connectivity index (χ0) is 27.9. The molecule has 1 saturated heterocycles. The fourth-order valence-corrected chi connectivity index (χ4v) is 3.69. The highest BCUT2D eigenvalue weighted by molar-refractivity contribution is 6.33. The molecule has 0 saturated carbocycles. The number of carboxylic acid groups (broad SMARTS) is 2. The monoisotopic (exact) mass is 565 g/mol. The lowest BCUT2D eigenvalue weighted by Gasteiger charge is -2.33. The third kappa shape index (κ3) is 12.6. The van der Waals surface area contributed by atoms with Crippen molar-refractivity contribution < 1.29 is 39.5 Å². The molecule has 0 aromatic heterocycles. The maximum absolute atomic E-state index is 12.8. The number of aliphatic carboxylic acids is 2. The van der Waals surface area contributed by atoms with Crippen molar-refractivity contribution in [3.05, 3.63) is 70.8 Å². The molecule has 2 aromatic rings. The number of hydrogen-bond donors (Lipinski definition) is 4. The Morgan fingerprint density at radius 3 is 2.46 bits per heavy atom. The fourth-order valence-electron chi connectivity index (χ4n) is 3.53. The second-order valence-electron chi connectivity index (χ2n) is 8.51. The van der Waals surface area contributed by atoms with Gasteiger partial charge in [-0.3, -0.25) is 9.69 Å². The average Bonchev–Trinajstić information content (AvgIpc) is 2.89. The Morgan fingerprint density at radius 2 is 1.85 bits per heavy atom. The minimum Gasteiger partial charge on any atom is -0.493 e. The van der Waals surface area contributed by atoms with Gasteiger partial charge in [0, 0.05) is 44.4 Å². The second kappa shape index (κ2) is 17.8. The van der Waals surface area contributed by atoms with Crippen molar-refractivity contribution in [3.8, 4) is 5.75 Å². The molecule has 3 rings (SSSR count). The molecule has 0 bridgehead atoms. The van der Waals surface area contributed by atoms with E-state index in [2.05, 4.69) is 29.3 Å². The Labute approximate surface area is 232 Å². The summed E-state index contributed by atoms with van der Waals surface area (Å²) in [5.74, 6) is -2.30. The third-order valence-electron chi connectivity index (χ3n) is 5.43. The molecule has 0 spiro atoms. The number of carbonyl (C=O) groups is 3. The summed E-state index contributed by atoms with van der Waals surface area (Å²) in [4.78, 5) is 34.3. The number of carboxylic acids is 2. The highest BCUT2D eigenvalue weighted by Gasteiger charge is 2.22. The molecule has 1 amide bonds. The normalized spacial score (nSPS) is 15.0. The summed E-state index contributed by atoms with van der Waals surface area (Å²) in [6.07, 6.45) is 2.95. The van der Waals surface area contributed by atoms with E-state index in [9.17, 15) is 14.4 Å². The van der Waals surface area contributed by atoms with E-state index in [1.165, 1.54) is 5.56 Å². The molecule has 7 N–H and O–H groups in total. The number of nitrogen functional groups attached to an aromatic ring is 1. The number of ether oxygens (including phenoxy) is 2. The molecular weight excluding hydrogens is 530 g/mol. The number of halogens is 1. The molecular formula is C27H36ClN3O8. The van der Waals surface area contributed by atoms with Crippen molar-refractivity contribution in [3.63, 3.8) is 0 Å². The highest BCUT2D eigenvalue weighted by atomic mass is 35.5. The van der Waals surface area contributed by atoms with E-state index in [0.29, 0.717) is 53.9 Å². The molecule has 1 aliphatic rings. The number of anilines is 1. The van der Waals surface area contributed by atoms with Gasteiger partial charge in [0.1, 0.15) is 5.75 Å². The quantitative estimate of drug-likeness (QED) is 0.181. The molecule has 214 valence electrons. The van der Waals surface area contributed by atoms with Crippen molar-refractivity contribution in [1.82, 2.24) is 10.2 Å². The average molecular weight is 566 g/mol. The molecule has 1 aliphatic heterocycles. The van der Waals surface area contributed by atoms with Crippen LogP contribution in [0.1, 0.15) is 35.7 Å². The van der Waals surface area contributed by atoms with Crippen LogP contribution in [0, 0.1) is 0 Å². The van der Waals surface area contributed by atoms with Crippen LogP contribution < -0.4 is 15.8 Å². The molecule has 2 aromatic carbocycles. The highest BCUT2D eigenvalue weighted by Crippen LogP contribution is 2.29. The summed E-state index contributed by atoms with van der Waals surface area (Å²) in [6.45, 7) is 6.18. The van der Waals surface area contributed by atoms with Gasteiger partial charge in [-0.1, -0.05) is 55.3 Å². The Hall–Kier alpha value is -3.64. The largest absolute Gasteiger partial charge is 0.493 e. The number of nitrogens with two attached hydrogens (primary N) is 1. The van der Waals surface area contributed by atoms with Gasteiger partial charge in [-0.2, -0.15) is 0 Å². The van der Waals surface area contributed by atoms with E-state index in [0.717, 1.165) is 32.5 Å². The molecule has 0 radical (unpaired) electrons. The smallest absolute Gasteiger partial charge is 0.328 e. The summed E-state index contributed by atoms with van der Waals surface area (Å²) in [7, 11) is 0. The van der Waals surface area contributed by atoms with E-state index in [1.807, 2.05) is 18.2 Å². The lowest BCUT2D eigenvalue weighted by molar-refractivity contribution is -0.134. The predicted molar refractivity (Wildman–Crippen MR) is 148 cm³/mol. The first-order chi connectivity index (χ1) is 18.2. The van der Waals surface area contributed by atoms with Gasteiger partial charge in [-0.05, 0) is 18.1 Å². The first kappa shape index (κ1) is 33.4. The third-order valence-corrected chi connectivity index (χ3v) is 5.76. The Bertz CT molecular complexity index is 1080. The summed E-state index contributed by atoms with van der Waals surface area (Å²) in [5.41, 5.74) is 7.95. The van der Waals surface area contributed by atoms with Gasteiger partial charge in [0.15, 0.2) is 0 Å². The number of nitrogens with one attached hydrogen (secondary N) is 1. The van der Waals surface area contributed by atoms with Gasteiger partial charge in [-0.15, -0.1) is 0 Å². The van der Waals surface area contributed by atoms with Crippen molar-refractivity contribution in [1.29, 1.82) is 0 Å². The van der Waals surface area contributed by atoms with E-state index in [-0.39, 0.29) is 17.5 Å². The predicted octanol–water partition coefficient (Wildman–Crippen LogP) is 2.62. The van der Waals surface area contributed by atoms with Crippen molar-refractivity contribution in [2.45, 2.75) is 32.4 Å². The van der Waals surface area contributed by atoms with Crippen LogP contribution in [0.2, 0.25) is 5.02 Å². The fraction of sp³-hybridized carbons (Fsp3) is 0.370. The number of nitrogens with zero attached hydrogens (tertiary/aromatic N) is 1. The summed E-state index contributed by atoms with van der Waals surface area (Å²) >= 11 is 6.14. The maximum atomic E-state index is 12.8. The van der Waals surface area contributed by atoms with Crippen LogP contribution in [-0.2, 0) is 20.9 Å². The molecule has 0 aliphatic carbocycles. The van der Waals surface area contributed by atoms with Gasteiger partial charge in [-0.25, -0.2) is 9.59 Å². The Morgan fingerprint density at radius 1 is 1.18 bits per heavy atom. The summed E-state index contributed by atoms with van der Waals surface area (Å²) in [6, 6.07) is 13.5. The van der Waals surface area contributed by atoms with Crippen molar-refractivity contribution >= 4 is 35.1 Å². The molecule has 12 heteroatoms. The summed E-state index contributed by atoms with van der Waals surface area (Å²) in [5, 5.41) is 18.9. The van der Waals surface area contributed by atoms with E-state index >= 15 is 0 Å². The SMILES string of the molecule is CCCCOc1cc(N)c(Cl)cc1C(=O)NCC1CN(Cc2ccccc2)CCO1.O.O=C(O)/C=C/C(=O)O.